The second-order valence-electron chi connectivity index (χ2n) is 5.89. The number of carbonyl (C=O) groups is 1. The third-order valence-corrected chi connectivity index (χ3v) is 6.41. The average molecular weight is 296 g/mol. The molecule has 0 saturated carbocycles. The van der Waals surface area contributed by atoms with Crippen LogP contribution in [0, 0.1) is 0 Å². The van der Waals surface area contributed by atoms with Crippen molar-refractivity contribution in [2.45, 2.75) is 44.3 Å². The van der Waals surface area contributed by atoms with Crippen molar-refractivity contribution in [3.05, 3.63) is 10.6 Å². The van der Waals surface area contributed by atoms with Gasteiger partial charge in [0.15, 0.2) is 10.9 Å². The highest BCUT2D eigenvalue weighted by atomic mass is 32.2. The number of ketones is 1. The summed E-state index contributed by atoms with van der Waals surface area (Å²) in [5.74, 6) is 1.39. The van der Waals surface area contributed by atoms with Gasteiger partial charge in [0.2, 0.25) is 0 Å². The van der Waals surface area contributed by atoms with Crippen molar-refractivity contribution in [2.75, 3.05) is 23.7 Å². The van der Waals surface area contributed by atoms with E-state index in [9.17, 15) is 4.79 Å². The molecular weight excluding hydrogens is 276 g/mol. The molecule has 0 N–H and O–H groups in total. The second kappa shape index (κ2) is 5.09. The summed E-state index contributed by atoms with van der Waals surface area (Å²) in [6, 6.07) is 0. The Morgan fingerprint density at radius 1 is 1.26 bits per heavy atom. The van der Waals surface area contributed by atoms with Gasteiger partial charge in [-0.1, -0.05) is 13.8 Å². The van der Waals surface area contributed by atoms with Crippen LogP contribution in [-0.2, 0) is 6.42 Å². The van der Waals surface area contributed by atoms with Gasteiger partial charge in [-0.3, -0.25) is 4.79 Å². The fourth-order valence-corrected chi connectivity index (χ4v) is 4.87. The molecule has 2 aliphatic rings. The smallest absolute Gasteiger partial charge is 0.186 e. The number of thiazole rings is 1. The van der Waals surface area contributed by atoms with Gasteiger partial charge in [-0.15, -0.1) is 11.3 Å². The number of anilines is 1. The number of hydrogen-bond donors (Lipinski definition) is 0. The summed E-state index contributed by atoms with van der Waals surface area (Å²) < 4.78 is 0.363. The fraction of sp³-hybridized carbons (Fsp3) is 0.714. The van der Waals surface area contributed by atoms with Crippen molar-refractivity contribution in [1.29, 1.82) is 0 Å². The molecule has 0 atom stereocenters. The van der Waals surface area contributed by atoms with E-state index in [4.69, 9.17) is 0 Å². The highest BCUT2D eigenvalue weighted by Gasteiger charge is 2.28. The van der Waals surface area contributed by atoms with Crippen LogP contribution in [-0.4, -0.2) is 34.4 Å². The molecular formula is C14H20N2OS2. The van der Waals surface area contributed by atoms with E-state index < -0.39 is 0 Å². The topological polar surface area (TPSA) is 33.2 Å². The first-order valence-electron chi connectivity index (χ1n) is 6.97. The van der Waals surface area contributed by atoms with E-state index >= 15 is 0 Å². The van der Waals surface area contributed by atoms with Crippen molar-refractivity contribution >= 4 is 34.0 Å². The maximum Gasteiger partial charge on any atom is 0.186 e. The van der Waals surface area contributed by atoms with Crippen LogP contribution in [0.5, 0.6) is 0 Å². The minimum atomic E-state index is 0.244. The van der Waals surface area contributed by atoms with Crippen LogP contribution in [0.2, 0.25) is 0 Å². The zero-order chi connectivity index (χ0) is 13.5. The molecule has 2 heterocycles. The Balaban J connectivity index is 1.81. The molecule has 3 nitrogen and oxygen atoms in total. The van der Waals surface area contributed by atoms with Gasteiger partial charge in [-0.25, -0.2) is 4.98 Å². The first-order valence-corrected chi connectivity index (χ1v) is 8.77. The molecule has 5 heteroatoms. The number of aromatic nitrogens is 1. The predicted octanol–water partition coefficient (Wildman–Crippen LogP) is 3.38. The fourth-order valence-electron chi connectivity index (χ4n) is 2.60. The van der Waals surface area contributed by atoms with Crippen LogP contribution in [0.1, 0.15) is 48.5 Å². The first kappa shape index (κ1) is 13.4. The monoisotopic (exact) mass is 296 g/mol. The van der Waals surface area contributed by atoms with Gasteiger partial charge < -0.3 is 4.90 Å². The van der Waals surface area contributed by atoms with Gasteiger partial charge in [0.25, 0.3) is 0 Å². The third-order valence-electron chi connectivity index (χ3n) is 3.87. The molecule has 1 aromatic rings. The Kier molecular flexibility index (Phi) is 3.60. The largest absolute Gasteiger partial charge is 0.347 e. The Labute approximate surface area is 122 Å². The van der Waals surface area contributed by atoms with E-state index in [1.807, 2.05) is 11.8 Å². The lowest BCUT2D eigenvalue weighted by molar-refractivity contribution is 0.0968. The normalized spacial score (nSPS) is 23.1. The molecule has 0 aromatic carbocycles. The summed E-state index contributed by atoms with van der Waals surface area (Å²) in [6.07, 6.45) is 3.89. The predicted molar refractivity (Wildman–Crippen MR) is 82.7 cm³/mol. The lowest BCUT2D eigenvalue weighted by atomic mass is 10.0. The summed E-state index contributed by atoms with van der Waals surface area (Å²) in [7, 11) is 0. The van der Waals surface area contributed by atoms with Crippen LogP contribution >= 0.6 is 23.1 Å². The maximum atomic E-state index is 11.9. The number of fused-ring (bicyclic) bond motifs is 1. The Hall–Kier alpha value is -0.550. The zero-order valence-electron chi connectivity index (χ0n) is 11.6. The molecule has 1 aliphatic heterocycles. The Bertz CT molecular complexity index is 496. The summed E-state index contributed by atoms with van der Waals surface area (Å²) >= 11 is 3.78. The second-order valence-corrected chi connectivity index (χ2v) is 8.75. The van der Waals surface area contributed by atoms with Crippen molar-refractivity contribution < 1.29 is 4.79 Å². The van der Waals surface area contributed by atoms with E-state index in [1.165, 1.54) is 11.3 Å². The van der Waals surface area contributed by atoms with Gasteiger partial charge in [0.05, 0.1) is 0 Å². The van der Waals surface area contributed by atoms with Gasteiger partial charge >= 0.3 is 0 Å². The molecule has 19 heavy (non-hydrogen) atoms. The van der Waals surface area contributed by atoms with Crippen molar-refractivity contribution in [2.24, 2.45) is 0 Å². The molecule has 0 bridgehead atoms. The van der Waals surface area contributed by atoms with E-state index in [2.05, 4.69) is 23.7 Å². The van der Waals surface area contributed by atoms with E-state index in [1.54, 1.807) is 11.3 Å². The zero-order valence-corrected chi connectivity index (χ0v) is 13.2. The molecule has 0 unspecified atom stereocenters. The Morgan fingerprint density at radius 3 is 2.89 bits per heavy atom. The molecule has 0 radical (unpaired) electrons. The van der Waals surface area contributed by atoms with Crippen molar-refractivity contribution in [3.8, 4) is 0 Å². The Morgan fingerprint density at radius 2 is 2.11 bits per heavy atom. The highest BCUT2D eigenvalue weighted by molar-refractivity contribution is 8.00. The summed E-state index contributed by atoms with van der Waals surface area (Å²) in [5, 5.41) is 1.07. The van der Waals surface area contributed by atoms with Crippen molar-refractivity contribution in [3.63, 3.8) is 0 Å². The summed E-state index contributed by atoms with van der Waals surface area (Å²) in [4.78, 5) is 20.1. The lowest BCUT2D eigenvalue weighted by Crippen LogP contribution is -2.26. The van der Waals surface area contributed by atoms with Gasteiger partial charge in [0.1, 0.15) is 5.69 Å². The molecule has 1 aliphatic carbocycles. The quantitative estimate of drug-likeness (QED) is 0.795. The highest BCUT2D eigenvalue weighted by Crippen LogP contribution is 2.36. The van der Waals surface area contributed by atoms with E-state index in [0.717, 1.165) is 42.5 Å². The number of carbonyl (C=O) groups excluding carboxylic acids is 1. The van der Waals surface area contributed by atoms with Crippen LogP contribution in [0.15, 0.2) is 0 Å². The molecule has 1 aromatic heterocycles. The molecule has 1 saturated heterocycles. The average Bonchev–Trinajstić information content (AvgIpc) is 2.70. The number of hydrogen-bond acceptors (Lipinski definition) is 5. The van der Waals surface area contributed by atoms with E-state index in [0.29, 0.717) is 11.2 Å². The number of Topliss-reactive ketones (excluding diaryl/α,β-unsaturated/α-hetero) is 1. The van der Waals surface area contributed by atoms with Crippen LogP contribution in [0.4, 0.5) is 5.13 Å². The minimum Gasteiger partial charge on any atom is -0.347 e. The maximum absolute atomic E-state index is 11.9. The number of nitrogens with zero attached hydrogens (tertiary/aromatic N) is 2. The lowest BCUT2D eigenvalue weighted by Gasteiger charge is -2.22. The van der Waals surface area contributed by atoms with Crippen LogP contribution in [0.3, 0.4) is 0 Å². The SMILES string of the molecule is CC1(C)CCN(c2nc3c(s2)CCCC3=O)CCS1. The van der Waals surface area contributed by atoms with Crippen LogP contribution in [0.25, 0.3) is 0 Å². The minimum absolute atomic E-state index is 0.244. The standard InChI is InChI=1S/C14H20N2OS2/c1-14(2)6-7-16(8-9-18-14)13-15-12-10(17)4-3-5-11(12)19-13/h3-9H2,1-2H3. The number of thioether (sulfide) groups is 1. The molecule has 3 rings (SSSR count). The first-order chi connectivity index (χ1) is 9.05. The van der Waals surface area contributed by atoms with Crippen molar-refractivity contribution in [1.82, 2.24) is 4.98 Å². The van der Waals surface area contributed by atoms with Crippen LogP contribution < -0.4 is 4.90 Å². The molecule has 1 fully saturated rings. The van der Waals surface area contributed by atoms with Gasteiger partial charge in [0, 0.05) is 34.9 Å². The van der Waals surface area contributed by atoms with Gasteiger partial charge in [-0.2, -0.15) is 11.8 Å². The summed E-state index contributed by atoms with van der Waals surface area (Å²) in [6.45, 7) is 6.74. The summed E-state index contributed by atoms with van der Waals surface area (Å²) in [5.41, 5.74) is 0.766. The molecule has 104 valence electrons. The van der Waals surface area contributed by atoms with Gasteiger partial charge in [-0.05, 0) is 19.3 Å². The number of aryl methyl sites for hydroxylation is 1. The van der Waals surface area contributed by atoms with E-state index in [-0.39, 0.29) is 5.78 Å². The molecule has 0 amide bonds. The molecule has 0 spiro atoms. The third kappa shape index (κ3) is 2.82. The number of rotatable bonds is 1.